The highest BCUT2D eigenvalue weighted by Crippen LogP contribution is 2.57. The Bertz CT molecular complexity index is 549. The van der Waals surface area contributed by atoms with Crippen molar-refractivity contribution in [1.82, 2.24) is 0 Å². The van der Waals surface area contributed by atoms with Crippen LogP contribution in [0.3, 0.4) is 0 Å². The topological polar surface area (TPSA) is 78.8 Å². The molecule has 1 aromatic rings. The predicted octanol–water partition coefficient (Wildman–Crippen LogP) is 3.84. The Hall–Kier alpha value is -1.24. The van der Waals surface area contributed by atoms with Crippen molar-refractivity contribution in [3.8, 4) is 5.75 Å². The van der Waals surface area contributed by atoms with E-state index in [4.69, 9.17) is 0 Å². The summed E-state index contributed by atoms with van der Waals surface area (Å²) in [5.41, 5.74) is 0.347. The van der Waals surface area contributed by atoms with Gasteiger partial charge >= 0.3 is 14.0 Å². The first-order valence-electron chi connectivity index (χ1n) is 6.81. The molecule has 0 bridgehead atoms. The van der Waals surface area contributed by atoms with E-state index < -0.39 is 19.2 Å². The molecule has 1 aromatic carbocycles. The maximum absolute atomic E-state index is 12.1. The van der Waals surface area contributed by atoms with Gasteiger partial charge in [-0.1, -0.05) is 19.3 Å². The van der Waals surface area contributed by atoms with Gasteiger partial charge in [0.15, 0.2) is 0 Å². The standard InChI is InChI=1S/C13H17F3NO4P/c14-13(15,16)21-11-6-4-10(5-7-11)17-12(22(18,19)20)8-2-1-3-9-12/h4-7,17H,1-3,8-9H2,(H2,18,19,20). The minimum absolute atomic E-state index is 0.318. The van der Waals surface area contributed by atoms with Crippen LogP contribution < -0.4 is 10.1 Å². The molecule has 1 fully saturated rings. The first-order chi connectivity index (χ1) is 10.1. The van der Waals surface area contributed by atoms with Crippen molar-refractivity contribution >= 4 is 13.3 Å². The third kappa shape index (κ3) is 4.15. The van der Waals surface area contributed by atoms with Crippen LogP contribution in [0, 0.1) is 0 Å². The van der Waals surface area contributed by atoms with E-state index >= 15 is 0 Å². The molecule has 124 valence electrons. The summed E-state index contributed by atoms with van der Waals surface area (Å²) in [5, 5.41) is 1.47. The van der Waals surface area contributed by atoms with E-state index in [1.807, 2.05) is 0 Å². The average molecular weight is 339 g/mol. The summed E-state index contributed by atoms with van der Waals surface area (Å²) in [7, 11) is -4.41. The summed E-state index contributed by atoms with van der Waals surface area (Å²) in [6.45, 7) is 0. The zero-order valence-corrected chi connectivity index (χ0v) is 12.5. The fourth-order valence-corrected chi connectivity index (χ4v) is 3.81. The summed E-state index contributed by atoms with van der Waals surface area (Å²) < 4.78 is 51.9. The summed E-state index contributed by atoms with van der Waals surface area (Å²) in [6.07, 6.45) is -1.86. The third-order valence-corrected chi connectivity index (χ3v) is 5.38. The van der Waals surface area contributed by atoms with Crippen LogP contribution in [-0.2, 0) is 4.57 Å². The number of anilines is 1. The van der Waals surface area contributed by atoms with Crippen molar-refractivity contribution in [2.24, 2.45) is 0 Å². The molecule has 5 nitrogen and oxygen atoms in total. The number of benzene rings is 1. The molecule has 0 amide bonds. The molecule has 9 heteroatoms. The molecule has 0 aliphatic heterocycles. The summed E-state index contributed by atoms with van der Waals surface area (Å²) in [6, 6.07) is 4.83. The number of hydrogen-bond acceptors (Lipinski definition) is 3. The van der Waals surface area contributed by atoms with E-state index in [0.29, 0.717) is 31.4 Å². The van der Waals surface area contributed by atoms with E-state index in [-0.39, 0.29) is 5.75 Å². The molecule has 0 saturated heterocycles. The van der Waals surface area contributed by atoms with Gasteiger partial charge in [0.05, 0.1) is 0 Å². The van der Waals surface area contributed by atoms with Gasteiger partial charge in [-0.3, -0.25) is 4.57 Å². The van der Waals surface area contributed by atoms with E-state index in [0.717, 1.165) is 18.6 Å². The van der Waals surface area contributed by atoms with Crippen molar-refractivity contribution in [2.45, 2.75) is 43.7 Å². The summed E-state index contributed by atoms with van der Waals surface area (Å²) in [4.78, 5) is 19.3. The SMILES string of the molecule is O=P(O)(O)C1(Nc2ccc(OC(F)(F)F)cc2)CCCCC1. The number of halogens is 3. The maximum atomic E-state index is 12.1. The smallest absolute Gasteiger partial charge is 0.406 e. The van der Waals surface area contributed by atoms with Crippen LogP contribution >= 0.6 is 7.60 Å². The maximum Gasteiger partial charge on any atom is 0.573 e. The second-order valence-electron chi connectivity index (χ2n) is 5.33. The fraction of sp³-hybridized carbons (Fsp3) is 0.538. The zero-order chi connectivity index (χ0) is 16.4. The number of ether oxygens (including phenoxy) is 1. The quantitative estimate of drug-likeness (QED) is 0.727. The Kier molecular flexibility index (Phi) is 4.75. The van der Waals surface area contributed by atoms with Gasteiger partial charge in [0.1, 0.15) is 11.0 Å². The van der Waals surface area contributed by atoms with Gasteiger partial charge in [0, 0.05) is 5.69 Å². The molecular formula is C13H17F3NO4P. The highest BCUT2D eigenvalue weighted by atomic mass is 31.2. The lowest BCUT2D eigenvalue weighted by molar-refractivity contribution is -0.274. The molecule has 0 aromatic heterocycles. The van der Waals surface area contributed by atoms with Crippen molar-refractivity contribution < 1.29 is 32.3 Å². The van der Waals surface area contributed by atoms with E-state index in [9.17, 15) is 27.5 Å². The van der Waals surface area contributed by atoms with Gasteiger partial charge in [0.2, 0.25) is 0 Å². The van der Waals surface area contributed by atoms with Crippen molar-refractivity contribution in [2.75, 3.05) is 5.32 Å². The molecule has 0 heterocycles. The molecule has 22 heavy (non-hydrogen) atoms. The second-order valence-corrected chi connectivity index (χ2v) is 7.28. The predicted molar refractivity (Wildman–Crippen MR) is 74.6 cm³/mol. The molecule has 1 saturated carbocycles. The zero-order valence-electron chi connectivity index (χ0n) is 11.6. The first-order valence-corrected chi connectivity index (χ1v) is 8.42. The molecule has 1 aliphatic rings. The van der Waals surface area contributed by atoms with Crippen LogP contribution in [-0.4, -0.2) is 21.4 Å². The van der Waals surface area contributed by atoms with Gasteiger partial charge < -0.3 is 19.8 Å². The Labute approximate surface area is 125 Å². The van der Waals surface area contributed by atoms with Crippen LogP contribution in [0.25, 0.3) is 0 Å². The minimum Gasteiger partial charge on any atom is -0.406 e. The number of nitrogens with one attached hydrogen (secondary N) is 1. The van der Waals surface area contributed by atoms with Gasteiger partial charge in [0.25, 0.3) is 0 Å². The van der Waals surface area contributed by atoms with Gasteiger partial charge in [-0.2, -0.15) is 0 Å². The minimum atomic E-state index is -4.77. The third-order valence-electron chi connectivity index (χ3n) is 3.70. The fourth-order valence-electron chi connectivity index (χ4n) is 2.63. The molecule has 3 N–H and O–H groups in total. The van der Waals surface area contributed by atoms with Crippen LogP contribution in [0.5, 0.6) is 5.75 Å². The van der Waals surface area contributed by atoms with Crippen LogP contribution in [0.2, 0.25) is 0 Å². The molecule has 2 rings (SSSR count). The van der Waals surface area contributed by atoms with Crippen LogP contribution in [0.15, 0.2) is 24.3 Å². The van der Waals surface area contributed by atoms with Crippen molar-refractivity contribution in [3.63, 3.8) is 0 Å². The first kappa shape index (κ1) is 17.1. The molecule has 1 aliphatic carbocycles. The lowest BCUT2D eigenvalue weighted by atomic mass is 9.94. The molecule has 0 spiro atoms. The Balaban J connectivity index is 2.16. The molecule has 0 atom stereocenters. The Morgan fingerprint density at radius 2 is 1.64 bits per heavy atom. The van der Waals surface area contributed by atoms with Crippen LogP contribution in [0.1, 0.15) is 32.1 Å². The lowest BCUT2D eigenvalue weighted by Crippen LogP contribution is -2.40. The highest BCUT2D eigenvalue weighted by molar-refractivity contribution is 7.53. The second kappa shape index (κ2) is 6.10. The normalized spacial score (nSPS) is 18.8. The molecule has 0 radical (unpaired) electrons. The van der Waals surface area contributed by atoms with E-state index in [1.54, 1.807) is 0 Å². The van der Waals surface area contributed by atoms with Crippen LogP contribution in [0.4, 0.5) is 18.9 Å². The monoisotopic (exact) mass is 339 g/mol. The van der Waals surface area contributed by atoms with E-state index in [1.165, 1.54) is 12.1 Å². The van der Waals surface area contributed by atoms with Crippen molar-refractivity contribution in [3.05, 3.63) is 24.3 Å². The average Bonchev–Trinajstić information content (AvgIpc) is 2.39. The number of alkyl halides is 3. The van der Waals surface area contributed by atoms with E-state index in [2.05, 4.69) is 10.1 Å². The van der Waals surface area contributed by atoms with Gasteiger partial charge in [-0.25, -0.2) is 0 Å². The summed E-state index contributed by atoms with van der Waals surface area (Å²) >= 11 is 0. The largest absolute Gasteiger partial charge is 0.573 e. The number of hydrogen-bond donors (Lipinski definition) is 3. The van der Waals surface area contributed by atoms with Crippen molar-refractivity contribution in [1.29, 1.82) is 0 Å². The summed E-state index contributed by atoms with van der Waals surface area (Å²) in [5.74, 6) is -0.382. The highest BCUT2D eigenvalue weighted by Gasteiger charge is 2.47. The van der Waals surface area contributed by atoms with Gasteiger partial charge in [-0.05, 0) is 37.1 Å². The molecule has 0 unspecified atom stereocenters. The lowest BCUT2D eigenvalue weighted by Gasteiger charge is -2.39. The Morgan fingerprint density at radius 3 is 2.09 bits per heavy atom. The number of rotatable bonds is 4. The Morgan fingerprint density at radius 1 is 1.09 bits per heavy atom. The molecular weight excluding hydrogens is 322 g/mol. The van der Waals surface area contributed by atoms with Gasteiger partial charge in [-0.15, -0.1) is 13.2 Å².